The molecule has 0 spiro atoms. The molecule has 0 aliphatic heterocycles. The van der Waals surface area contributed by atoms with Crippen molar-refractivity contribution >= 4 is 17.3 Å². The third kappa shape index (κ3) is 2.34. The molecule has 0 unspecified atom stereocenters. The number of hydrogen-bond acceptors (Lipinski definition) is 3. The normalized spacial score (nSPS) is 11.1. The van der Waals surface area contributed by atoms with E-state index < -0.39 is 33.7 Å². The van der Waals surface area contributed by atoms with Gasteiger partial charge in [0.05, 0.1) is 10.6 Å². The van der Waals surface area contributed by atoms with Crippen molar-refractivity contribution < 1.29 is 18.1 Å². The smallest absolute Gasteiger partial charge is 0.258 e. The Morgan fingerprint density at radius 3 is 2.55 bits per heavy atom. The first-order valence-electron chi connectivity index (χ1n) is 5.30. The average Bonchev–Trinajstić information content (AvgIpc) is 2.67. The van der Waals surface area contributed by atoms with Crippen molar-refractivity contribution in [3.05, 3.63) is 50.5 Å². The van der Waals surface area contributed by atoms with Gasteiger partial charge in [-0.2, -0.15) is 5.10 Å². The van der Waals surface area contributed by atoms with Gasteiger partial charge in [-0.3, -0.25) is 10.1 Å². The molecule has 1 aromatic carbocycles. The maximum absolute atomic E-state index is 13.0. The van der Waals surface area contributed by atoms with Crippen LogP contribution in [-0.2, 0) is 0 Å². The van der Waals surface area contributed by atoms with Crippen LogP contribution in [0, 0.1) is 22.9 Å². The second-order valence-electron chi connectivity index (χ2n) is 3.93. The van der Waals surface area contributed by atoms with Crippen LogP contribution in [0.2, 0.25) is 5.15 Å². The molecule has 0 atom stereocenters. The fourth-order valence-corrected chi connectivity index (χ4v) is 2.03. The summed E-state index contributed by atoms with van der Waals surface area (Å²) in [6.45, 7) is 1.50. The molecular formula is C11H7ClF3N3O2. The fourth-order valence-electron chi connectivity index (χ4n) is 1.74. The van der Waals surface area contributed by atoms with Crippen LogP contribution in [0.1, 0.15) is 17.7 Å². The number of aryl methyl sites for hydroxylation is 1. The molecule has 0 aliphatic carbocycles. The SMILES string of the molecule is Cc1cc(F)ccc1-n1nc(C(F)F)c([N+](=O)[O-])c1Cl. The van der Waals surface area contributed by atoms with E-state index in [1.54, 1.807) is 0 Å². The van der Waals surface area contributed by atoms with Gasteiger partial charge in [0.15, 0.2) is 0 Å². The molecule has 0 fully saturated rings. The number of benzene rings is 1. The molecule has 1 aromatic heterocycles. The van der Waals surface area contributed by atoms with Gasteiger partial charge in [0.2, 0.25) is 10.8 Å². The highest BCUT2D eigenvalue weighted by Crippen LogP contribution is 2.36. The molecule has 0 N–H and O–H groups in total. The van der Waals surface area contributed by atoms with Crippen LogP contribution in [0.25, 0.3) is 5.69 Å². The van der Waals surface area contributed by atoms with E-state index >= 15 is 0 Å². The Hall–Kier alpha value is -2.09. The van der Waals surface area contributed by atoms with Crippen molar-refractivity contribution in [3.8, 4) is 5.69 Å². The van der Waals surface area contributed by atoms with E-state index in [2.05, 4.69) is 5.10 Å². The lowest BCUT2D eigenvalue weighted by atomic mass is 10.2. The molecule has 0 aliphatic rings. The Bertz CT molecular complexity index is 688. The van der Waals surface area contributed by atoms with Crippen molar-refractivity contribution in [2.24, 2.45) is 0 Å². The summed E-state index contributed by atoms with van der Waals surface area (Å²) >= 11 is 5.75. The third-order valence-electron chi connectivity index (χ3n) is 2.61. The van der Waals surface area contributed by atoms with Crippen LogP contribution in [0.5, 0.6) is 0 Å². The summed E-state index contributed by atoms with van der Waals surface area (Å²) in [6, 6.07) is 3.47. The maximum Gasteiger partial charge on any atom is 0.335 e. The molecule has 2 rings (SSSR count). The minimum absolute atomic E-state index is 0.186. The van der Waals surface area contributed by atoms with Gasteiger partial charge in [0, 0.05) is 0 Å². The van der Waals surface area contributed by atoms with Crippen molar-refractivity contribution in [2.45, 2.75) is 13.3 Å². The number of alkyl halides is 2. The van der Waals surface area contributed by atoms with E-state index in [4.69, 9.17) is 11.6 Å². The highest BCUT2D eigenvalue weighted by molar-refractivity contribution is 6.32. The van der Waals surface area contributed by atoms with Crippen LogP contribution in [0.15, 0.2) is 18.2 Å². The molecule has 9 heteroatoms. The topological polar surface area (TPSA) is 61.0 Å². The van der Waals surface area contributed by atoms with Gasteiger partial charge in [-0.05, 0) is 30.7 Å². The van der Waals surface area contributed by atoms with Gasteiger partial charge in [-0.25, -0.2) is 17.9 Å². The third-order valence-corrected chi connectivity index (χ3v) is 2.95. The van der Waals surface area contributed by atoms with Gasteiger partial charge < -0.3 is 0 Å². The molecule has 0 saturated heterocycles. The minimum atomic E-state index is -3.14. The molecule has 1 heterocycles. The molecule has 0 bridgehead atoms. The Kier molecular flexibility index (Phi) is 3.67. The monoisotopic (exact) mass is 305 g/mol. The van der Waals surface area contributed by atoms with E-state index in [9.17, 15) is 23.3 Å². The maximum atomic E-state index is 13.0. The standard InChI is InChI=1S/C11H7ClF3N3O2/c1-5-4-6(13)2-3-7(5)17-10(12)9(18(19)20)8(16-17)11(14)15/h2-4,11H,1H3. The van der Waals surface area contributed by atoms with Crippen molar-refractivity contribution in [1.29, 1.82) is 0 Å². The van der Waals surface area contributed by atoms with E-state index in [0.717, 1.165) is 16.8 Å². The number of hydrogen-bond donors (Lipinski definition) is 0. The average molecular weight is 306 g/mol. The molecule has 0 radical (unpaired) electrons. The zero-order valence-electron chi connectivity index (χ0n) is 9.98. The van der Waals surface area contributed by atoms with E-state index in [-0.39, 0.29) is 5.69 Å². The van der Waals surface area contributed by atoms with Crippen LogP contribution in [0.4, 0.5) is 18.9 Å². The number of halogens is 4. The minimum Gasteiger partial charge on any atom is -0.258 e. The first-order valence-corrected chi connectivity index (χ1v) is 5.68. The lowest BCUT2D eigenvalue weighted by molar-refractivity contribution is -0.386. The lowest BCUT2D eigenvalue weighted by Crippen LogP contribution is -2.00. The highest BCUT2D eigenvalue weighted by Gasteiger charge is 2.33. The summed E-state index contributed by atoms with van der Waals surface area (Å²) in [6.07, 6.45) is -3.14. The number of nitrogens with zero attached hydrogens (tertiary/aromatic N) is 3. The van der Waals surface area contributed by atoms with Crippen molar-refractivity contribution in [3.63, 3.8) is 0 Å². The number of aromatic nitrogens is 2. The summed E-state index contributed by atoms with van der Waals surface area (Å²) in [4.78, 5) is 9.78. The summed E-state index contributed by atoms with van der Waals surface area (Å²) in [5, 5.41) is 13.7. The second-order valence-corrected chi connectivity index (χ2v) is 4.28. The van der Waals surface area contributed by atoms with E-state index in [0.29, 0.717) is 5.56 Å². The van der Waals surface area contributed by atoms with Gasteiger partial charge in [0.25, 0.3) is 6.43 Å². The molecule has 106 valence electrons. The van der Waals surface area contributed by atoms with Gasteiger partial charge in [0.1, 0.15) is 5.82 Å². The van der Waals surface area contributed by atoms with Crippen molar-refractivity contribution in [1.82, 2.24) is 9.78 Å². The van der Waals surface area contributed by atoms with Crippen LogP contribution < -0.4 is 0 Å². The Labute approximate surface area is 115 Å². The molecule has 5 nitrogen and oxygen atoms in total. The van der Waals surface area contributed by atoms with Crippen molar-refractivity contribution in [2.75, 3.05) is 0 Å². The predicted octanol–water partition coefficient (Wildman–Crippen LogP) is 3.82. The number of rotatable bonds is 3. The lowest BCUT2D eigenvalue weighted by Gasteiger charge is -2.06. The molecule has 0 saturated carbocycles. The summed E-state index contributed by atoms with van der Waals surface area (Å²) in [5.41, 5.74) is -1.44. The first kappa shape index (κ1) is 14.3. The Morgan fingerprint density at radius 2 is 2.10 bits per heavy atom. The van der Waals surface area contributed by atoms with E-state index in [1.165, 1.54) is 13.0 Å². The van der Waals surface area contributed by atoms with Gasteiger partial charge in [-0.15, -0.1) is 0 Å². The second kappa shape index (κ2) is 5.12. The molecule has 20 heavy (non-hydrogen) atoms. The quantitative estimate of drug-likeness (QED) is 0.639. The van der Waals surface area contributed by atoms with Gasteiger partial charge in [-0.1, -0.05) is 11.6 Å². The molecule has 2 aromatic rings. The summed E-state index contributed by atoms with van der Waals surface area (Å²) < 4.78 is 39.3. The zero-order valence-corrected chi connectivity index (χ0v) is 10.7. The first-order chi connectivity index (χ1) is 9.32. The van der Waals surface area contributed by atoms with Crippen LogP contribution in [-0.4, -0.2) is 14.7 Å². The zero-order chi connectivity index (χ0) is 15.0. The highest BCUT2D eigenvalue weighted by atomic mass is 35.5. The summed E-state index contributed by atoms with van der Waals surface area (Å²) in [7, 11) is 0. The largest absolute Gasteiger partial charge is 0.335 e. The fraction of sp³-hybridized carbons (Fsp3) is 0.182. The predicted molar refractivity (Wildman–Crippen MR) is 64.9 cm³/mol. The summed E-state index contributed by atoms with van der Waals surface area (Å²) in [5.74, 6) is -0.530. The van der Waals surface area contributed by atoms with Gasteiger partial charge >= 0.3 is 5.69 Å². The van der Waals surface area contributed by atoms with E-state index in [1.807, 2.05) is 0 Å². The van der Waals surface area contributed by atoms with Crippen LogP contribution in [0.3, 0.4) is 0 Å². The number of nitro groups is 1. The Morgan fingerprint density at radius 1 is 1.45 bits per heavy atom. The van der Waals surface area contributed by atoms with Crippen LogP contribution >= 0.6 is 11.6 Å². The molecule has 0 amide bonds. The Balaban J connectivity index is 2.69. The molecular weight excluding hydrogens is 299 g/mol.